The van der Waals surface area contributed by atoms with Gasteiger partial charge in [0.2, 0.25) is 0 Å². The summed E-state index contributed by atoms with van der Waals surface area (Å²) >= 11 is 1.48. The number of pyridine rings is 1. The first-order chi connectivity index (χ1) is 14.0. The zero-order valence-electron chi connectivity index (χ0n) is 17.2. The van der Waals surface area contributed by atoms with Crippen molar-refractivity contribution in [3.63, 3.8) is 0 Å². The van der Waals surface area contributed by atoms with E-state index in [-0.39, 0.29) is 5.91 Å². The van der Waals surface area contributed by atoms with Gasteiger partial charge in [0, 0.05) is 19.3 Å². The molecule has 3 rings (SSSR count). The Morgan fingerprint density at radius 2 is 1.97 bits per heavy atom. The van der Waals surface area contributed by atoms with Gasteiger partial charge in [0.1, 0.15) is 12.4 Å². The van der Waals surface area contributed by atoms with E-state index in [9.17, 15) is 4.79 Å². The first-order valence-corrected chi connectivity index (χ1v) is 10.5. The second-order valence-electron chi connectivity index (χ2n) is 7.21. The van der Waals surface area contributed by atoms with Gasteiger partial charge in [-0.3, -0.25) is 9.78 Å². The van der Waals surface area contributed by atoms with Gasteiger partial charge in [-0.1, -0.05) is 18.2 Å². The van der Waals surface area contributed by atoms with E-state index in [2.05, 4.69) is 9.88 Å². The molecule has 0 fully saturated rings. The number of carbonyl (C=O) groups is 1. The van der Waals surface area contributed by atoms with Crippen molar-refractivity contribution in [1.29, 1.82) is 0 Å². The zero-order valence-corrected chi connectivity index (χ0v) is 18.0. The van der Waals surface area contributed by atoms with Gasteiger partial charge in [-0.25, -0.2) is 0 Å². The Kier molecular flexibility index (Phi) is 7.38. The normalized spacial score (nSPS) is 10.9. The molecule has 0 radical (unpaired) electrons. The summed E-state index contributed by atoms with van der Waals surface area (Å²) in [6.07, 6.45) is 1.76. The molecular weight excluding hydrogens is 382 g/mol. The van der Waals surface area contributed by atoms with E-state index < -0.39 is 0 Å². The quantitative estimate of drug-likeness (QED) is 0.530. The van der Waals surface area contributed by atoms with E-state index in [0.717, 1.165) is 34.0 Å². The maximum Gasteiger partial charge on any atom is 0.264 e. The molecule has 29 heavy (non-hydrogen) atoms. The highest BCUT2D eigenvalue weighted by Gasteiger charge is 2.20. The predicted octanol–water partition coefficient (Wildman–Crippen LogP) is 4.23. The molecule has 0 N–H and O–H groups in total. The van der Waals surface area contributed by atoms with Crippen molar-refractivity contribution in [2.45, 2.75) is 20.0 Å². The standard InChI is InChI=1S/C23H27N3O2S/c1-18-10-14-29-22(18)23(27)26(17-20-8-4-5-11-24-20)16-19-7-6-9-21(15-19)28-13-12-25(2)3/h4-11,14-15H,12-13,16-17H2,1-3H3. The van der Waals surface area contributed by atoms with Gasteiger partial charge in [-0.15, -0.1) is 11.3 Å². The first-order valence-electron chi connectivity index (χ1n) is 9.62. The van der Waals surface area contributed by atoms with Crippen LogP contribution in [0.3, 0.4) is 0 Å². The minimum absolute atomic E-state index is 0.0297. The van der Waals surface area contributed by atoms with Gasteiger partial charge in [0.25, 0.3) is 5.91 Å². The Balaban J connectivity index is 1.77. The molecule has 2 aromatic heterocycles. The molecule has 3 aromatic rings. The monoisotopic (exact) mass is 409 g/mol. The van der Waals surface area contributed by atoms with Crippen molar-refractivity contribution < 1.29 is 9.53 Å². The molecular formula is C23H27N3O2S. The van der Waals surface area contributed by atoms with Crippen LogP contribution in [-0.4, -0.2) is 47.9 Å². The molecule has 0 aliphatic heterocycles. The number of nitrogens with zero attached hydrogens (tertiary/aromatic N) is 3. The molecule has 0 saturated carbocycles. The van der Waals surface area contributed by atoms with E-state index in [0.29, 0.717) is 19.7 Å². The van der Waals surface area contributed by atoms with E-state index >= 15 is 0 Å². The molecule has 152 valence electrons. The predicted molar refractivity (Wildman–Crippen MR) is 117 cm³/mol. The second kappa shape index (κ2) is 10.2. The van der Waals surface area contributed by atoms with Gasteiger partial charge in [0.15, 0.2) is 0 Å². The number of rotatable bonds is 9. The van der Waals surface area contributed by atoms with Crippen molar-refractivity contribution >= 4 is 17.2 Å². The van der Waals surface area contributed by atoms with Gasteiger partial charge in [-0.2, -0.15) is 0 Å². The van der Waals surface area contributed by atoms with Crippen LogP contribution in [0, 0.1) is 6.92 Å². The summed E-state index contributed by atoms with van der Waals surface area (Å²) in [5, 5.41) is 1.96. The third kappa shape index (κ3) is 6.14. The van der Waals surface area contributed by atoms with E-state index in [1.165, 1.54) is 11.3 Å². The summed E-state index contributed by atoms with van der Waals surface area (Å²) in [7, 11) is 4.04. The molecule has 1 aromatic carbocycles. The maximum atomic E-state index is 13.2. The molecule has 0 saturated heterocycles. The highest BCUT2D eigenvalue weighted by molar-refractivity contribution is 7.12. The average Bonchev–Trinajstić information content (AvgIpc) is 3.14. The third-order valence-corrected chi connectivity index (χ3v) is 5.51. The Morgan fingerprint density at radius 3 is 2.66 bits per heavy atom. The number of aryl methyl sites for hydroxylation is 1. The van der Waals surface area contributed by atoms with Crippen molar-refractivity contribution in [3.05, 3.63) is 81.8 Å². The minimum Gasteiger partial charge on any atom is -0.492 e. The molecule has 5 nitrogen and oxygen atoms in total. The van der Waals surface area contributed by atoms with Gasteiger partial charge >= 0.3 is 0 Å². The van der Waals surface area contributed by atoms with E-state index in [1.54, 1.807) is 6.20 Å². The zero-order chi connectivity index (χ0) is 20.6. The highest BCUT2D eigenvalue weighted by Crippen LogP contribution is 2.22. The molecule has 0 unspecified atom stereocenters. The lowest BCUT2D eigenvalue weighted by molar-refractivity contribution is 0.0732. The van der Waals surface area contributed by atoms with Crippen molar-refractivity contribution in [2.24, 2.45) is 0 Å². The van der Waals surface area contributed by atoms with Crippen molar-refractivity contribution in [1.82, 2.24) is 14.8 Å². The van der Waals surface area contributed by atoms with E-state index in [1.807, 2.05) is 79.8 Å². The Hall–Kier alpha value is -2.70. The smallest absolute Gasteiger partial charge is 0.264 e. The third-order valence-electron chi connectivity index (χ3n) is 4.50. The number of likely N-dealkylation sites (N-methyl/N-ethyl adjacent to an activating group) is 1. The lowest BCUT2D eigenvalue weighted by atomic mass is 10.1. The SMILES string of the molecule is Cc1ccsc1C(=O)N(Cc1cccc(OCCN(C)C)c1)Cc1ccccn1. The molecule has 1 amide bonds. The molecule has 0 spiro atoms. The van der Waals surface area contributed by atoms with Crippen molar-refractivity contribution in [2.75, 3.05) is 27.2 Å². The number of carbonyl (C=O) groups excluding carboxylic acids is 1. The van der Waals surface area contributed by atoms with Crippen LogP contribution in [0.4, 0.5) is 0 Å². The number of ether oxygens (including phenoxy) is 1. The van der Waals surface area contributed by atoms with Gasteiger partial charge in [-0.05, 0) is 67.9 Å². The fraction of sp³-hybridized carbons (Fsp3) is 0.304. The minimum atomic E-state index is 0.0297. The summed E-state index contributed by atoms with van der Waals surface area (Å²) < 4.78 is 5.85. The fourth-order valence-corrected chi connectivity index (χ4v) is 3.81. The molecule has 0 atom stereocenters. The van der Waals surface area contributed by atoms with Gasteiger partial charge in [0.05, 0.1) is 17.1 Å². The van der Waals surface area contributed by atoms with Gasteiger partial charge < -0.3 is 14.5 Å². The maximum absolute atomic E-state index is 13.2. The Morgan fingerprint density at radius 1 is 1.10 bits per heavy atom. The van der Waals surface area contributed by atoms with Crippen LogP contribution < -0.4 is 4.74 Å². The highest BCUT2D eigenvalue weighted by atomic mass is 32.1. The van der Waals surface area contributed by atoms with E-state index in [4.69, 9.17) is 4.74 Å². The van der Waals surface area contributed by atoms with Crippen LogP contribution in [-0.2, 0) is 13.1 Å². The Labute approximate surface area is 176 Å². The number of benzene rings is 1. The van der Waals surface area contributed by atoms with Crippen LogP contribution in [0.2, 0.25) is 0 Å². The molecule has 0 aliphatic carbocycles. The topological polar surface area (TPSA) is 45.7 Å². The fourth-order valence-electron chi connectivity index (χ4n) is 2.92. The summed E-state index contributed by atoms with van der Waals surface area (Å²) in [6, 6.07) is 15.7. The lowest BCUT2D eigenvalue weighted by Gasteiger charge is -2.23. The summed E-state index contributed by atoms with van der Waals surface area (Å²) in [6.45, 7) is 4.41. The average molecular weight is 410 g/mol. The van der Waals surface area contributed by atoms with Crippen LogP contribution in [0.15, 0.2) is 60.1 Å². The van der Waals surface area contributed by atoms with Crippen LogP contribution in [0.1, 0.15) is 26.5 Å². The lowest BCUT2D eigenvalue weighted by Crippen LogP contribution is -2.30. The molecule has 0 aliphatic rings. The number of hydrogen-bond acceptors (Lipinski definition) is 5. The van der Waals surface area contributed by atoms with Crippen molar-refractivity contribution in [3.8, 4) is 5.75 Å². The van der Waals surface area contributed by atoms with Crippen LogP contribution in [0.5, 0.6) is 5.75 Å². The summed E-state index contributed by atoms with van der Waals surface area (Å²) in [5.74, 6) is 0.851. The first kappa shape index (κ1) is 21.0. The number of amides is 1. The van der Waals surface area contributed by atoms with Crippen LogP contribution >= 0.6 is 11.3 Å². The molecule has 0 bridgehead atoms. The Bertz CT molecular complexity index is 925. The second-order valence-corrected chi connectivity index (χ2v) is 8.13. The van der Waals surface area contributed by atoms with Crippen LogP contribution in [0.25, 0.3) is 0 Å². The molecule has 6 heteroatoms. The number of aromatic nitrogens is 1. The summed E-state index contributed by atoms with van der Waals surface area (Å²) in [4.78, 5) is 22.3. The molecule has 2 heterocycles. The number of thiophene rings is 1. The largest absolute Gasteiger partial charge is 0.492 e. The summed E-state index contributed by atoms with van der Waals surface area (Å²) in [5.41, 5.74) is 2.91. The number of hydrogen-bond donors (Lipinski definition) is 0.